The van der Waals surface area contributed by atoms with E-state index in [1.165, 1.54) is 0 Å². The molecule has 0 aliphatic heterocycles. The van der Waals surface area contributed by atoms with E-state index in [2.05, 4.69) is 5.32 Å². The lowest BCUT2D eigenvalue weighted by Gasteiger charge is -2.05. The van der Waals surface area contributed by atoms with Crippen LogP contribution in [0.5, 0.6) is 0 Å². The third kappa shape index (κ3) is 7.15. The summed E-state index contributed by atoms with van der Waals surface area (Å²) in [5.74, 6) is -0.0229. The zero-order valence-corrected chi connectivity index (χ0v) is 12.2. The number of carbonyl (C=O) groups is 1. The molecule has 0 unspecified atom stereocenters. The molecule has 108 valence electrons. The van der Waals surface area contributed by atoms with E-state index < -0.39 is 0 Å². The number of rotatable bonds is 8. The normalized spacial score (nSPS) is 9.79. The van der Waals surface area contributed by atoms with Gasteiger partial charge < -0.3 is 15.8 Å². The molecule has 0 radical (unpaired) electrons. The van der Waals surface area contributed by atoms with E-state index >= 15 is 0 Å². The monoisotopic (exact) mass is 286 g/mol. The van der Waals surface area contributed by atoms with Crippen LogP contribution in [0, 0.1) is 0 Å². The van der Waals surface area contributed by atoms with Gasteiger partial charge in [0, 0.05) is 32.4 Å². The lowest BCUT2D eigenvalue weighted by Crippen LogP contribution is -2.24. The predicted octanol–water partition coefficient (Wildman–Crippen LogP) is 2.11. The van der Waals surface area contributed by atoms with E-state index in [-0.39, 0.29) is 18.3 Å². The first kappa shape index (κ1) is 17.9. The Morgan fingerprint density at radius 1 is 1.21 bits per heavy atom. The maximum atomic E-state index is 11.8. The SMILES string of the molecule is COCCCCCNC(=O)c1ccc(CN)cc1.Cl. The molecule has 1 amide bonds. The molecule has 4 nitrogen and oxygen atoms in total. The Labute approximate surface area is 121 Å². The molecule has 0 aliphatic carbocycles. The summed E-state index contributed by atoms with van der Waals surface area (Å²) in [6.45, 7) is 2.00. The fourth-order valence-electron chi connectivity index (χ4n) is 1.64. The van der Waals surface area contributed by atoms with Crippen molar-refractivity contribution in [2.75, 3.05) is 20.3 Å². The zero-order valence-electron chi connectivity index (χ0n) is 11.4. The highest BCUT2D eigenvalue weighted by Crippen LogP contribution is 2.03. The van der Waals surface area contributed by atoms with Gasteiger partial charge >= 0.3 is 0 Å². The minimum absolute atomic E-state index is 0. The summed E-state index contributed by atoms with van der Waals surface area (Å²) in [6.07, 6.45) is 3.09. The highest BCUT2D eigenvalue weighted by Gasteiger charge is 2.03. The van der Waals surface area contributed by atoms with Crippen molar-refractivity contribution in [1.29, 1.82) is 0 Å². The number of nitrogens with two attached hydrogens (primary N) is 1. The number of amides is 1. The second-order valence-corrected chi connectivity index (χ2v) is 4.21. The van der Waals surface area contributed by atoms with E-state index in [1.807, 2.05) is 24.3 Å². The van der Waals surface area contributed by atoms with Gasteiger partial charge in [-0.2, -0.15) is 0 Å². The zero-order chi connectivity index (χ0) is 13.2. The van der Waals surface area contributed by atoms with Crippen LogP contribution in [-0.2, 0) is 11.3 Å². The molecule has 0 atom stereocenters. The van der Waals surface area contributed by atoms with Gasteiger partial charge in [-0.15, -0.1) is 12.4 Å². The van der Waals surface area contributed by atoms with Crippen LogP contribution in [0.25, 0.3) is 0 Å². The molecule has 1 rings (SSSR count). The van der Waals surface area contributed by atoms with Crippen molar-refractivity contribution >= 4 is 18.3 Å². The van der Waals surface area contributed by atoms with Crippen LogP contribution < -0.4 is 11.1 Å². The second kappa shape index (κ2) is 10.8. The van der Waals surface area contributed by atoms with Crippen LogP contribution in [0.3, 0.4) is 0 Å². The molecule has 5 heteroatoms. The molecule has 0 heterocycles. The number of ether oxygens (including phenoxy) is 1. The first-order valence-electron chi connectivity index (χ1n) is 6.34. The minimum atomic E-state index is -0.0229. The van der Waals surface area contributed by atoms with Crippen molar-refractivity contribution in [1.82, 2.24) is 5.32 Å². The topological polar surface area (TPSA) is 64.3 Å². The Morgan fingerprint density at radius 2 is 1.89 bits per heavy atom. The van der Waals surface area contributed by atoms with Crippen LogP contribution in [0.2, 0.25) is 0 Å². The van der Waals surface area contributed by atoms with Gasteiger partial charge in [0.05, 0.1) is 0 Å². The van der Waals surface area contributed by atoms with Gasteiger partial charge in [0.25, 0.3) is 5.91 Å². The molecule has 0 aromatic heterocycles. The first-order valence-corrected chi connectivity index (χ1v) is 6.34. The minimum Gasteiger partial charge on any atom is -0.385 e. The van der Waals surface area contributed by atoms with Crippen molar-refractivity contribution in [2.24, 2.45) is 5.73 Å². The van der Waals surface area contributed by atoms with Crippen LogP contribution in [0.1, 0.15) is 35.2 Å². The molecule has 3 N–H and O–H groups in total. The van der Waals surface area contributed by atoms with Gasteiger partial charge in [0.2, 0.25) is 0 Å². The van der Waals surface area contributed by atoms with Gasteiger partial charge in [-0.05, 0) is 37.0 Å². The third-order valence-electron chi connectivity index (χ3n) is 2.76. The summed E-state index contributed by atoms with van der Waals surface area (Å²) in [5, 5.41) is 2.90. The van der Waals surface area contributed by atoms with E-state index in [0.29, 0.717) is 18.7 Å². The largest absolute Gasteiger partial charge is 0.385 e. The fourth-order valence-corrected chi connectivity index (χ4v) is 1.64. The van der Waals surface area contributed by atoms with Gasteiger partial charge in [-0.25, -0.2) is 0 Å². The van der Waals surface area contributed by atoms with E-state index in [0.717, 1.165) is 31.4 Å². The van der Waals surface area contributed by atoms with Crippen molar-refractivity contribution < 1.29 is 9.53 Å². The molecule has 0 spiro atoms. The summed E-state index contributed by atoms with van der Waals surface area (Å²) >= 11 is 0. The first-order chi connectivity index (χ1) is 8.77. The van der Waals surface area contributed by atoms with Crippen molar-refractivity contribution in [3.05, 3.63) is 35.4 Å². The van der Waals surface area contributed by atoms with E-state index in [9.17, 15) is 4.79 Å². The molecule has 1 aromatic carbocycles. The van der Waals surface area contributed by atoms with E-state index in [1.54, 1.807) is 7.11 Å². The second-order valence-electron chi connectivity index (χ2n) is 4.21. The summed E-state index contributed by atoms with van der Waals surface area (Å²) in [4.78, 5) is 11.8. The summed E-state index contributed by atoms with van der Waals surface area (Å²) in [7, 11) is 1.70. The quantitative estimate of drug-likeness (QED) is 0.720. The summed E-state index contributed by atoms with van der Waals surface area (Å²) in [6, 6.07) is 7.38. The highest BCUT2D eigenvalue weighted by molar-refractivity contribution is 5.94. The number of benzene rings is 1. The van der Waals surface area contributed by atoms with E-state index in [4.69, 9.17) is 10.5 Å². The van der Waals surface area contributed by atoms with Crippen LogP contribution in [-0.4, -0.2) is 26.2 Å². The van der Waals surface area contributed by atoms with Gasteiger partial charge in [0.15, 0.2) is 0 Å². The Morgan fingerprint density at radius 3 is 2.47 bits per heavy atom. The lowest BCUT2D eigenvalue weighted by atomic mass is 10.1. The van der Waals surface area contributed by atoms with Crippen molar-refractivity contribution in [2.45, 2.75) is 25.8 Å². The standard InChI is InChI=1S/C14H22N2O2.ClH/c1-18-10-4-2-3-9-16-14(17)13-7-5-12(11-15)6-8-13;/h5-8H,2-4,9-11,15H2,1H3,(H,16,17);1H. The number of unbranched alkanes of at least 4 members (excludes halogenated alkanes) is 2. The smallest absolute Gasteiger partial charge is 0.251 e. The number of hydrogen-bond acceptors (Lipinski definition) is 3. The number of hydrogen-bond donors (Lipinski definition) is 2. The Hall–Kier alpha value is -1.10. The van der Waals surface area contributed by atoms with Crippen LogP contribution in [0.4, 0.5) is 0 Å². The Balaban J connectivity index is 0.00000324. The maximum absolute atomic E-state index is 11.8. The highest BCUT2D eigenvalue weighted by atomic mass is 35.5. The number of carbonyl (C=O) groups excluding carboxylic acids is 1. The predicted molar refractivity (Wildman–Crippen MR) is 79.6 cm³/mol. The summed E-state index contributed by atoms with van der Waals surface area (Å²) in [5.41, 5.74) is 7.22. The van der Waals surface area contributed by atoms with Crippen molar-refractivity contribution in [3.63, 3.8) is 0 Å². The number of methoxy groups -OCH3 is 1. The molecule has 0 fully saturated rings. The van der Waals surface area contributed by atoms with Crippen molar-refractivity contribution in [3.8, 4) is 0 Å². The fraction of sp³-hybridized carbons (Fsp3) is 0.500. The average Bonchev–Trinajstić information content (AvgIpc) is 2.42. The number of halogens is 1. The van der Waals surface area contributed by atoms with Gasteiger partial charge in [-0.3, -0.25) is 4.79 Å². The molecule has 1 aromatic rings. The third-order valence-corrected chi connectivity index (χ3v) is 2.76. The lowest BCUT2D eigenvalue weighted by molar-refractivity contribution is 0.0952. The summed E-state index contributed by atoms with van der Waals surface area (Å²) < 4.78 is 4.96. The average molecular weight is 287 g/mol. The van der Waals surface area contributed by atoms with Crippen LogP contribution in [0.15, 0.2) is 24.3 Å². The molecular weight excluding hydrogens is 264 g/mol. The molecular formula is C14H23ClN2O2. The molecule has 0 bridgehead atoms. The molecule has 0 saturated heterocycles. The van der Waals surface area contributed by atoms with Gasteiger partial charge in [0.1, 0.15) is 0 Å². The Bertz CT molecular complexity index is 355. The Kier molecular flexibility index (Phi) is 10.2. The molecule has 0 aliphatic rings. The molecule has 19 heavy (non-hydrogen) atoms. The van der Waals surface area contributed by atoms with Crippen LogP contribution >= 0.6 is 12.4 Å². The number of nitrogens with one attached hydrogen (secondary N) is 1. The van der Waals surface area contributed by atoms with Gasteiger partial charge in [-0.1, -0.05) is 12.1 Å². The molecule has 0 saturated carbocycles. The maximum Gasteiger partial charge on any atom is 0.251 e.